The number of carbonyl (C=O) groups excluding carboxylic acids is 1. The first-order valence-corrected chi connectivity index (χ1v) is 12.6. The minimum absolute atomic E-state index is 0.121. The molecule has 3 fully saturated rings. The molecule has 0 aromatic carbocycles. The average Bonchev–Trinajstić information content (AvgIpc) is 2.99. The van der Waals surface area contributed by atoms with Crippen LogP contribution < -0.4 is 0 Å². The van der Waals surface area contributed by atoms with Crippen LogP contribution in [0.3, 0.4) is 0 Å². The van der Waals surface area contributed by atoms with E-state index < -0.39 is 5.60 Å². The highest BCUT2D eigenvalue weighted by molar-refractivity contribution is 5.94. The Morgan fingerprint density at radius 3 is 2.57 bits per heavy atom. The van der Waals surface area contributed by atoms with Gasteiger partial charge in [-0.2, -0.15) is 0 Å². The summed E-state index contributed by atoms with van der Waals surface area (Å²) in [5.41, 5.74) is 1.07. The summed E-state index contributed by atoms with van der Waals surface area (Å²) in [6, 6.07) is 0. The standard InChI is InChI=1S/C27H44O3/c1-17(7-6-12-25(2,3)30)20-8-9-21-24-22(11-14-27(20,21)5)26(4)13-10-19(28)15-18(26)16-23(24)29/h16-17,19-22,24,28,30H,6-15H2,1-5H3/t17-,19+,20?,21?,22?,24?,26+,27-/m1/s1. The van der Waals surface area contributed by atoms with Gasteiger partial charge in [-0.05, 0) is 106 Å². The molecule has 3 saturated carbocycles. The Morgan fingerprint density at radius 1 is 1.13 bits per heavy atom. The van der Waals surface area contributed by atoms with Crippen LogP contribution in [0.5, 0.6) is 0 Å². The molecule has 0 heterocycles. The first kappa shape index (κ1) is 22.5. The molecule has 0 aliphatic heterocycles. The summed E-state index contributed by atoms with van der Waals surface area (Å²) in [5.74, 6) is 2.91. The zero-order chi connectivity index (χ0) is 21.9. The van der Waals surface area contributed by atoms with Crippen molar-refractivity contribution in [2.75, 3.05) is 0 Å². The van der Waals surface area contributed by atoms with Crippen LogP contribution in [0.4, 0.5) is 0 Å². The van der Waals surface area contributed by atoms with Crippen molar-refractivity contribution >= 4 is 5.78 Å². The van der Waals surface area contributed by atoms with Crippen LogP contribution in [-0.2, 0) is 4.79 Å². The van der Waals surface area contributed by atoms with Gasteiger partial charge in [0.1, 0.15) is 0 Å². The second kappa shape index (κ2) is 7.73. The largest absolute Gasteiger partial charge is 0.393 e. The van der Waals surface area contributed by atoms with Gasteiger partial charge in [-0.3, -0.25) is 4.79 Å². The molecule has 0 amide bonds. The number of aliphatic hydroxyl groups is 2. The Balaban J connectivity index is 1.52. The van der Waals surface area contributed by atoms with E-state index in [9.17, 15) is 15.0 Å². The highest BCUT2D eigenvalue weighted by atomic mass is 16.3. The fourth-order valence-electron chi connectivity index (χ4n) is 8.42. The molecule has 170 valence electrons. The summed E-state index contributed by atoms with van der Waals surface area (Å²) >= 11 is 0. The maximum Gasteiger partial charge on any atom is 0.159 e. The molecule has 0 aromatic rings. The normalized spacial score (nSPS) is 44.7. The van der Waals surface area contributed by atoms with E-state index in [1.165, 1.54) is 37.7 Å². The van der Waals surface area contributed by atoms with Crippen LogP contribution in [-0.4, -0.2) is 27.7 Å². The fraction of sp³-hybridized carbons (Fsp3) is 0.889. The van der Waals surface area contributed by atoms with Gasteiger partial charge < -0.3 is 10.2 Å². The van der Waals surface area contributed by atoms with Crippen molar-refractivity contribution in [2.24, 2.45) is 40.4 Å². The van der Waals surface area contributed by atoms with Gasteiger partial charge in [-0.1, -0.05) is 39.2 Å². The molecule has 0 aromatic heterocycles. The molecule has 0 bridgehead atoms. The van der Waals surface area contributed by atoms with E-state index in [1.54, 1.807) is 0 Å². The lowest BCUT2D eigenvalue weighted by Gasteiger charge is -2.57. The summed E-state index contributed by atoms with van der Waals surface area (Å²) in [6.45, 7) is 11.1. The summed E-state index contributed by atoms with van der Waals surface area (Å²) in [4.78, 5) is 13.4. The third kappa shape index (κ3) is 3.72. The van der Waals surface area contributed by atoms with Crippen molar-refractivity contribution in [3.63, 3.8) is 0 Å². The fourth-order valence-corrected chi connectivity index (χ4v) is 8.42. The van der Waals surface area contributed by atoms with Crippen LogP contribution in [0.15, 0.2) is 11.6 Å². The number of fused-ring (bicyclic) bond motifs is 5. The van der Waals surface area contributed by atoms with Gasteiger partial charge in [0.05, 0.1) is 11.7 Å². The Kier molecular flexibility index (Phi) is 5.80. The Labute approximate surface area is 183 Å². The van der Waals surface area contributed by atoms with E-state index in [-0.39, 0.29) is 22.9 Å². The van der Waals surface area contributed by atoms with Gasteiger partial charge in [-0.25, -0.2) is 0 Å². The maximum atomic E-state index is 13.4. The minimum atomic E-state index is -0.568. The van der Waals surface area contributed by atoms with Crippen LogP contribution in [0.1, 0.15) is 98.8 Å². The Morgan fingerprint density at radius 2 is 1.87 bits per heavy atom. The quantitative estimate of drug-likeness (QED) is 0.606. The maximum absolute atomic E-state index is 13.4. The van der Waals surface area contributed by atoms with Gasteiger partial charge in [0.25, 0.3) is 0 Å². The first-order chi connectivity index (χ1) is 14.0. The zero-order valence-electron chi connectivity index (χ0n) is 19.9. The monoisotopic (exact) mass is 416 g/mol. The van der Waals surface area contributed by atoms with Crippen LogP contribution in [0, 0.1) is 40.4 Å². The Bertz CT molecular complexity index is 703. The molecule has 8 atom stereocenters. The van der Waals surface area contributed by atoms with Crippen molar-refractivity contribution < 1.29 is 15.0 Å². The van der Waals surface area contributed by atoms with E-state index in [4.69, 9.17) is 0 Å². The van der Waals surface area contributed by atoms with Crippen LogP contribution in [0.2, 0.25) is 0 Å². The van der Waals surface area contributed by atoms with E-state index >= 15 is 0 Å². The molecule has 2 N–H and O–H groups in total. The number of rotatable bonds is 5. The van der Waals surface area contributed by atoms with Crippen LogP contribution in [0.25, 0.3) is 0 Å². The third-order valence-corrected chi connectivity index (χ3v) is 10.1. The minimum Gasteiger partial charge on any atom is -0.393 e. The van der Waals surface area contributed by atoms with Gasteiger partial charge in [0.2, 0.25) is 0 Å². The number of hydrogen-bond donors (Lipinski definition) is 2. The molecule has 4 aliphatic carbocycles. The van der Waals surface area contributed by atoms with Gasteiger partial charge in [0.15, 0.2) is 5.78 Å². The topological polar surface area (TPSA) is 57.5 Å². The van der Waals surface area contributed by atoms with Crippen molar-refractivity contribution in [3.8, 4) is 0 Å². The molecular weight excluding hydrogens is 372 g/mol. The summed E-state index contributed by atoms with van der Waals surface area (Å²) in [6.07, 6.45) is 12.3. The predicted octanol–water partition coefficient (Wildman–Crippen LogP) is 5.68. The molecule has 4 rings (SSSR count). The highest BCUT2D eigenvalue weighted by Crippen LogP contribution is 2.66. The van der Waals surface area contributed by atoms with Gasteiger partial charge >= 0.3 is 0 Å². The molecule has 0 spiro atoms. The van der Waals surface area contributed by atoms with Crippen molar-refractivity contribution in [3.05, 3.63) is 11.6 Å². The molecule has 3 nitrogen and oxygen atoms in total. The van der Waals surface area contributed by atoms with Crippen molar-refractivity contribution in [1.82, 2.24) is 0 Å². The molecule has 4 aliphatic rings. The van der Waals surface area contributed by atoms with Gasteiger partial charge in [-0.15, -0.1) is 0 Å². The first-order valence-electron chi connectivity index (χ1n) is 12.6. The van der Waals surface area contributed by atoms with E-state index in [0.717, 1.165) is 25.7 Å². The van der Waals surface area contributed by atoms with Crippen LogP contribution >= 0.6 is 0 Å². The number of carbonyl (C=O) groups is 1. The van der Waals surface area contributed by atoms with Crippen molar-refractivity contribution in [1.29, 1.82) is 0 Å². The zero-order valence-corrected chi connectivity index (χ0v) is 19.9. The number of hydrogen-bond acceptors (Lipinski definition) is 3. The summed E-state index contributed by atoms with van der Waals surface area (Å²) in [7, 11) is 0. The van der Waals surface area contributed by atoms with E-state index in [0.29, 0.717) is 35.9 Å². The lowest BCUT2D eigenvalue weighted by molar-refractivity contribution is -0.135. The second-order valence-corrected chi connectivity index (χ2v) is 12.5. The molecular formula is C27H44O3. The average molecular weight is 417 g/mol. The molecule has 4 unspecified atom stereocenters. The number of allylic oxidation sites excluding steroid dienone is 1. The molecule has 0 radical (unpaired) electrons. The molecule has 3 heteroatoms. The third-order valence-electron chi connectivity index (χ3n) is 10.1. The van der Waals surface area contributed by atoms with E-state index in [2.05, 4.69) is 20.8 Å². The number of aliphatic hydroxyl groups excluding tert-OH is 1. The molecule has 0 saturated heterocycles. The van der Waals surface area contributed by atoms with Crippen molar-refractivity contribution in [2.45, 2.75) is 111 Å². The lowest BCUT2D eigenvalue weighted by atomic mass is 9.46. The number of ketones is 1. The Hall–Kier alpha value is -0.670. The highest BCUT2D eigenvalue weighted by Gasteiger charge is 2.61. The summed E-state index contributed by atoms with van der Waals surface area (Å²) < 4.78 is 0. The second-order valence-electron chi connectivity index (χ2n) is 12.5. The lowest BCUT2D eigenvalue weighted by Crippen LogP contribution is -2.53. The van der Waals surface area contributed by atoms with Gasteiger partial charge in [0, 0.05) is 5.92 Å². The SMILES string of the molecule is C[C@H](CCCC(C)(C)O)C1CCC2C3C(=O)C=C4C[C@@H](O)CC[C@]4(C)C3CC[C@@]21C. The summed E-state index contributed by atoms with van der Waals surface area (Å²) in [5, 5.41) is 20.3. The predicted molar refractivity (Wildman–Crippen MR) is 121 cm³/mol. The smallest absolute Gasteiger partial charge is 0.159 e. The molecule has 30 heavy (non-hydrogen) atoms. The van der Waals surface area contributed by atoms with E-state index in [1.807, 2.05) is 19.9 Å².